The molecular formula is C21H27N5O2. The van der Waals surface area contributed by atoms with Crippen molar-refractivity contribution in [2.45, 2.75) is 50.9 Å². The minimum atomic E-state index is 0.0122. The molecule has 3 aliphatic rings. The fraction of sp³-hybridized carbons (Fsp3) is 0.619. The number of amides is 1. The molecule has 28 heavy (non-hydrogen) atoms. The van der Waals surface area contributed by atoms with Gasteiger partial charge >= 0.3 is 0 Å². The SMILES string of the molecule is O=C(NCC1CC1)C1CCCN(c2ncccc2-c2noc(C3CCC3)n2)C1. The minimum Gasteiger partial charge on any atom is -0.356 e. The lowest BCUT2D eigenvalue weighted by Gasteiger charge is -2.33. The highest BCUT2D eigenvalue weighted by molar-refractivity contribution is 5.80. The Bertz CT molecular complexity index is 843. The Kier molecular flexibility index (Phi) is 4.74. The summed E-state index contributed by atoms with van der Waals surface area (Å²) in [5.41, 5.74) is 0.885. The van der Waals surface area contributed by atoms with E-state index in [1.165, 1.54) is 19.3 Å². The fourth-order valence-electron chi connectivity index (χ4n) is 4.08. The van der Waals surface area contributed by atoms with E-state index in [4.69, 9.17) is 4.52 Å². The first-order chi connectivity index (χ1) is 13.8. The Hall–Kier alpha value is -2.44. The summed E-state index contributed by atoms with van der Waals surface area (Å²) >= 11 is 0. The molecule has 5 rings (SSSR count). The van der Waals surface area contributed by atoms with Crippen molar-refractivity contribution in [1.82, 2.24) is 20.4 Å². The van der Waals surface area contributed by atoms with E-state index in [-0.39, 0.29) is 11.8 Å². The molecule has 1 saturated heterocycles. The second-order valence-corrected chi connectivity index (χ2v) is 8.43. The molecule has 7 nitrogen and oxygen atoms in total. The van der Waals surface area contributed by atoms with Crippen LogP contribution in [0.4, 0.5) is 5.82 Å². The van der Waals surface area contributed by atoms with Crippen molar-refractivity contribution in [3.05, 3.63) is 24.2 Å². The predicted octanol–water partition coefficient (Wildman–Crippen LogP) is 3.14. The first kappa shape index (κ1) is 17.6. The molecule has 0 radical (unpaired) electrons. The number of nitrogens with zero attached hydrogens (tertiary/aromatic N) is 4. The van der Waals surface area contributed by atoms with Crippen molar-refractivity contribution in [3.8, 4) is 11.4 Å². The highest BCUT2D eigenvalue weighted by atomic mass is 16.5. The molecule has 2 saturated carbocycles. The topological polar surface area (TPSA) is 84.2 Å². The molecule has 1 amide bonds. The van der Waals surface area contributed by atoms with Gasteiger partial charge in [-0.25, -0.2) is 4.98 Å². The molecule has 2 aromatic rings. The van der Waals surface area contributed by atoms with Gasteiger partial charge in [0.25, 0.3) is 0 Å². The number of nitrogens with one attached hydrogen (secondary N) is 1. The lowest BCUT2D eigenvalue weighted by atomic mass is 9.85. The number of hydrogen-bond donors (Lipinski definition) is 1. The van der Waals surface area contributed by atoms with Gasteiger partial charge in [0.05, 0.1) is 11.5 Å². The van der Waals surface area contributed by atoms with Gasteiger partial charge in [-0.15, -0.1) is 0 Å². The fourth-order valence-corrected chi connectivity index (χ4v) is 4.08. The van der Waals surface area contributed by atoms with Crippen LogP contribution in [0.5, 0.6) is 0 Å². The number of anilines is 1. The maximum atomic E-state index is 12.6. The number of carbonyl (C=O) groups excluding carboxylic acids is 1. The smallest absolute Gasteiger partial charge is 0.230 e. The van der Waals surface area contributed by atoms with E-state index in [0.29, 0.717) is 24.2 Å². The third-order valence-corrected chi connectivity index (χ3v) is 6.28. The normalized spacial score (nSPS) is 22.7. The van der Waals surface area contributed by atoms with Gasteiger partial charge in [-0.1, -0.05) is 11.6 Å². The van der Waals surface area contributed by atoms with Crippen LogP contribution in [0.25, 0.3) is 11.4 Å². The van der Waals surface area contributed by atoms with Crippen LogP contribution in [-0.4, -0.2) is 40.7 Å². The molecule has 0 aromatic carbocycles. The van der Waals surface area contributed by atoms with Crippen LogP contribution in [0.1, 0.15) is 56.8 Å². The van der Waals surface area contributed by atoms with E-state index in [1.807, 2.05) is 12.1 Å². The zero-order valence-electron chi connectivity index (χ0n) is 16.1. The van der Waals surface area contributed by atoms with Gasteiger partial charge in [0.2, 0.25) is 17.6 Å². The van der Waals surface area contributed by atoms with Crippen LogP contribution in [0, 0.1) is 11.8 Å². The molecule has 0 bridgehead atoms. The monoisotopic (exact) mass is 381 g/mol. The quantitative estimate of drug-likeness (QED) is 0.827. The van der Waals surface area contributed by atoms with Gasteiger partial charge in [0.1, 0.15) is 5.82 Å². The zero-order chi connectivity index (χ0) is 18.9. The lowest BCUT2D eigenvalue weighted by molar-refractivity contribution is -0.125. The van der Waals surface area contributed by atoms with Gasteiger partial charge < -0.3 is 14.7 Å². The molecule has 2 aromatic heterocycles. The number of aromatic nitrogens is 3. The molecule has 1 unspecified atom stereocenters. The minimum absolute atomic E-state index is 0.0122. The number of carbonyl (C=O) groups is 1. The summed E-state index contributed by atoms with van der Waals surface area (Å²) in [6, 6.07) is 3.90. The highest BCUT2D eigenvalue weighted by Crippen LogP contribution is 2.37. The molecule has 3 heterocycles. The van der Waals surface area contributed by atoms with Crippen molar-refractivity contribution in [2.24, 2.45) is 11.8 Å². The molecule has 7 heteroatoms. The van der Waals surface area contributed by atoms with Crippen molar-refractivity contribution >= 4 is 11.7 Å². The Labute approximate surface area is 164 Å². The summed E-state index contributed by atoms with van der Waals surface area (Å²) in [6.07, 6.45) is 9.71. The number of pyridine rings is 1. The number of hydrogen-bond acceptors (Lipinski definition) is 6. The largest absolute Gasteiger partial charge is 0.356 e. The van der Waals surface area contributed by atoms with Crippen molar-refractivity contribution in [2.75, 3.05) is 24.5 Å². The molecule has 148 valence electrons. The molecule has 1 atom stereocenters. The highest BCUT2D eigenvalue weighted by Gasteiger charge is 2.31. The standard InChI is InChI=1S/C21H27N5O2/c27-20(23-12-14-8-9-14)16-6-3-11-26(13-16)19-17(7-2-10-22-19)18-24-21(28-25-18)15-4-1-5-15/h2,7,10,14-16H,1,3-6,8-9,11-13H2,(H,23,27). The van der Waals surface area contributed by atoms with Gasteiger partial charge in [-0.2, -0.15) is 4.98 Å². The van der Waals surface area contributed by atoms with Gasteiger partial charge in [-0.05, 0) is 56.6 Å². The van der Waals surface area contributed by atoms with Crippen molar-refractivity contribution in [1.29, 1.82) is 0 Å². The summed E-state index contributed by atoms with van der Waals surface area (Å²) in [7, 11) is 0. The molecular weight excluding hydrogens is 354 g/mol. The molecule has 1 aliphatic heterocycles. The van der Waals surface area contributed by atoms with E-state index in [9.17, 15) is 4.79 Å². The van der Waals surface area contributed by atoms with Crippen LogP contribution >= 0.6 is 0 Å². The van der Waals surface area contributed by atoms with E-state index < -0.39 is 0 Å². The van der Waals surface area contributed by atoms with E-state index in [0.717, 1.165) is 56.0 Å². The van der Waals surface area contributed by atoms with Crippen LogP contribution in [0.2, 0.25) is 0 Å². The Morgan fingerprint density at radius 2 is 2.11 bits per heavy atom. The second-order valence-electron chi connectivity index (χ2n) is 8.43. The van der Waals surface area contributed by atoms with E-state index in [2.05, 4.69) is 25.3 Å². The summed E-state index contributed by atoms with van der Waals surface area (Å²) in [4.78, 5) is 24.1. The Balaban J connectivity index is 1.32. The average Bonchev–Trinajstić information content (AvgIpc) is 3.41. The second kappa shape index (κ2) is 7.53. The maximum Gasteiger partial charge on any atom is 0.230 e. The Morgan fingerprint density at radius 3 is 2.89 bits per heavy atom. The summed E-state index contributed by atoms with van der Waals surface area (Å²) < 4.78 is 5.51. The summed E-state index contributed by atoms with van der Waals surface area (Å²) in [6.45, 7) is 2.41. The molecule has 0 spiro atoms. The first-order valence-corrected chi connectivity index (χ1v) is 10.6. The van der Waals surface area contributed by atoms with E-state index in [1.54, 1.807) is 6.20 Å². The lowest BCUT2D eigenvalue weighted by Crippen LogP contribution is -2.44. The van der Waals surface area contributed by atoms with Gasteiger partial charge in [0, 0.05) is 31.7 Å². The zero-order valence-corrected chi connectivity index (χ0v) is 16.1. The predicted molar refractivity (Wildman–Crippen MR) is 105 cm³/mol. The van der Waals surface area contributed by atoms with Crippen molar-refractivity contribution in [3.63, 3.8) is 0 Å². The third kappa shape index (κ3) is 3.62. The Morgan fingerprint density at radius 1 is 1.21 bits per heavy atom. The molecule has 1 N–H and O–H groups in total. The average molecular weight is 381 g/mol. The summed E-state index contributed by atoms with van der Waals surface area (Å²) in [5.74, 6) is 3.50. The number of rotatable bonds is 6. The number of piperidine rings is 1. The van der Waals surface area contributed by atoms with Crippen LogP contribution in [-0.2, 0) is 4.79 Å². The van der Waals surface area contributed by atoms with Gasteiger partial charge in [-0.3, -0.25) is 4.79 Å². The van der Waals surface area contributed by atoms with Crippen LogP contribution < -0.4 is 10.2 Å². The van der Waals surface area contributed by atoms with Gasteiger partial charge in [0.15, 0.2) is 0 Å². The maximum absolute atomic E-state index is 12.6. The van der Waals surface area contributed by atoms with Crippen LogP contribution in [0.3, 0.4) is 0 Å². The third-order valence-electron chi connectivity index (χ3n) is 6.28. The first-order valence-electron chi connectivity index (χ1n) is 10.6. The molecule has 3 fully saturated rings. The van der Waals surface area contributed by atoms with Crippen molar-refractivity contribution < 1.29 is 9.32 Å². The summed E-state index contributed by atoms with van der Waals surface area (Å²) in [5, 5.41) is 7.36. The molecule has 2 aliphatic carbocycles. The van der Waals surface area contributed by atoms with E-state index >= 15 is 0 Å². The van der Waals surface area contributed by atoms with Crippen LogP contribution in [0.15, 0.2) is 22.9 Å².